The number of allylic oxidation sites excluding steroid dienone is 1. The van der Waals surface area contributed by atoms with Gasteiger partial charge in [0.05, 0.1) is 25.0 Å². The van der Waals surface area contributed by atoms with Crippen LogP contribution >= 0.6 is 0 Å². The Balaban J connectivity index is 1.78. The molecule has 0 amide bonds. The van der Waals surface area contributed by atoms with Crippen LogP contribution in [0.2, 0.25) is 0 Å². The minimum atomic E-state index is 0.120. The van der Waals surface area contributed by atoms with E-state index in [9.17, 15) is 0 Å². The molecule has 0 N–H and O–H groups in total. The van der Waals surface area contributed by atoms with Gasteiger partial charge in [-0.3, -0.25) is 15.0 Å². The first-order chi connectivity index (χ1) is 8.95. The van der Waals surface area contributed by atoms with Crippen molar-refractivity contribution in [1.82, 2.24) is 4.90 Å². The molecule has 3 atom stereocenters. The van der Waals surface area contributed by atoms with Crippen molar-refractivity contribution in [1.29, 1.82) is 0 Å². The molecule has 0 aromatic rings. The third-order valence-electron chi connectivity index (χ3n) is 3.22. The van der Waals surface area contributed by atoms with E-state index >= 15 is 0 Å². The molecule has 5 nitrogen and oxygen atoms in total. The second kappa shape index (κ2) is 5.08. The molecule has 0 spiro atoms. The zero-order chi connectivity index (χ0) is 12.2. The Bertz CT molecular complexity index is 428. The van der Waals surface area contributed by atoms with Crippen LogP contribution in [0.3, 0.4) is 0 Å². The molecular weight excluding hydrogens is 226 g/mol. The minimum absolute atomic E-state index is 0.120. The molecule has 0 bridgehead atoms. The van der Waals surface area contributed by atoms with Gasteiger partial charge in [0, 0.05) is 31.3 Å². The first-order valence-electron chi connectivity index (χ1n) is 6.12. The quantitative estimate of drug-likeness (QED) is 0.714. The van der Waals surface area contributed by atoms with Gasteiger partial charge in [0.2, 0.25) is 0 Å². The Morgan fingerprint density at radius 2 is 2.11 bits per heavy atom. The van der Waals surface area contributed by atoms with E-state index in [2.05, 4.69) is 37.0 Å². The Labute approximate surface area is 106 Å². The highest BCUT2D eigenvalue weighted by molar-refractivity contribution is 6.16. The van der Waals surface area contributed by atoms with Gasteiger partial charge in [-0.05, 0) is 12.2 Å². The maximum absolute atomic E-state index is 4.50. The molecule has 3 rings (SSSR count). The standard InChI is InChI=1S/C13H15N5/c1-2-5-17-13(3-1)18-10-15-6-4-12(18)11-9-14-7-8-16-11/h1-2,4-8,10-13H,3,9H2. The van der Waals surface area contributed by atoms with Gasteiger partial charge in [0.25, 0.3) is 0 Å². The molecule has 0 aliphatic carbocycles. The highest BCUT2D eigenvalue weighted by Crippen LogP contribution is 2.20. The van der Waals surface area contributed by atoms with Gasteiger partial charge in [-0.2, -0.15) is 0 Å². The molecule has 0 radical (unpaired) electrons. The summed E-state index contributed by atoms with van der Waals surface area (Å²) in [6, 6.07) is 0.337. The number of hydrogen-bond donors (Lipinski definition) is 0. The summed E-state index contributed by atoms with van der Waals surface area (Å²) in [6.45, 7) is 0.724. The highest BCUT2D eigenvalue weighted by Gasteiger charge is 2.29. The summed E-state index contributed by atoms with van der Waals surface area (Å²) >= 11 is 0. The predicted octanol–water partition coefficient (Wildman–Crippen LogP) is 1.09. The SMILES string of the molecule is C1=CCC(N2C=NC=CC2C2CN=CC=N2)N=C1. The highest BCUT2D eigenvalue weighted by atomic mass is 15.3. The van der Waals surface area contributed by atoms with Crippen LogP contribution in [0.25, 0.3) is 0 Å². The third kappa shape index (κ3) is 2.16. The minimum Gasteiger partial charge on any atom is -0.331 e. The van der Waals surface area contributed by atoms with E-state index in [4.69, 9.17) is 0 Å². The lowest BCUT2D eigenvalue weighted by molar-refractivity contribution is 0.254. The largest absolute Gasteiger partial charge is 0.331 e. The zero-order valence-corrected chi connectivity index (χ0v) is 10.0. The molecule has 3 aliphatic rings. The van der Waals surface area contributed by atoms with Gasteiger partial charge >= 0.3 is 0 Å². The van der Waals surface area contributed by atoms with Crippen LogP contribution in [0.5, 0.6) is 0 Å². The van der Waals surface area contributed by atoms with E-state index in [0.29, 0.717) is 0 Å². The average Bonchev–Trinajstić information content (AvgIpc) is 2.49. The number of rotatable bonds is 2. The number of hydrogen-bond acceptors (Lipinski definition) is 5. The van der Waals surface area contributed by atoms with Crippen molar-refractivity contribution in [2.75, 3.05) is 6.54 Å². The van der Waals surface area contributed by atoms with Crippen molar-refractivity contribution < 1.29 is 0 Å². The van der Waals surface area contributed by atoms with Crippen LogP contribution in [-0.4, -0.2) is 54.7 Å². The zero-order valence-electron chi connectivity index (χ0n) is 10.0. The second-order valence-electron chi connectivity index (χ2n) is 4.37. The van der Waals surface area contributed by atoms with Crippen molar-refractivity contribution in [2.24, 2.45) is 20.0 Å². The molecular formula is C13H15N5. The van der Waals surface area contributed by atoms with Crippen molar-refractivity contribution in [3.8, 4) is 0 Å². The van der Waals surface area contributed by atoms with Crippen molar-refractivity contribution in [3.05, 3.63) is 24.4 Å². The van der Waals surface area contributed by atoms with E-state index in [1.54, 1.807) is 12.4 Å². The van der Waals surface area contributed by atoms with Crippen LogP contribution in [0.4, 0.5) is 0 Å². The lowest BCUT2D eigenvalue weighted by Gasteiger charge is -2.37. The average molecular weight is 241 g/mol. The summed E-state index contributed by atoms with van der Waals surface area (Å²) in [4.78, 5) is 19.7. The molecule has 92 valence electrons. The maximum atomic E-state index is 4.50. The van der Waals surface area contributed by atoms with E-state index in [1.807, 2.05) is 24.8 Å². The summed E-state index contributed by atoms with van der Waals surface area (Å²) in [5.41, 5.74) is 0. The van der Waals surface area contributed by atoms with E-state index < -0.39 is 0 Å². The van der Waals surface area contributed by atoms with Crippen molar-refractivity contribution in [2.45, 2.75) is 24.7 Å². The molecule has 0 aromatic carbocycles. The lowest BCUT2D eigenvalue weighted by atomic mass is 10.0. The molecule has 3 heterocycles. The van der Waals surface area contributed by atoms with Gasteiger partial charge in [0.15, 0.2) is 0 Å². The Morgan fingerprint density at radius 3 is 2.89 bits per heavy atom. The van der Waals surface area contributed by atoms with Gasteiger partial charge in [-0.25, -0.2) is 4.99 Å². The van der Waals surface area contributed by atoms with Gasteiger partial charge in [-0.1, -0.05) is 6.08 Å². The first-order valence-corrected chi connectivity index (χ1v) is 6.12. The summed E-state index contributed by atoms with van der Waals surface area (Å²) < 4.78 is 0. The smallest absolute Gasteiger partial charge is 0.125 e. The Morgan fingerprint density at radius 1 is 1.11 bits per heavy atom. The summed E-state index contributed by atoms with van der Waals surface area (Å²) in [7, 11) is 0. The van der Waals surface area contributed by atoms with Crippen molar-refractivity contribution in [3.63, 3.8) is 0 Å². The summed E-state index contributed by atoms with van der Waals surface area (Å²) in [5, 5.41) is 0. The normalized spacial score (nSPS) is 33.3. The molecule has 0 saturated heterocycles. The number of nitrogens with zero attached hydrogens (tertiary/aromatic N) is 5. The Hall–Kier alpha value is -2.04. The van der Waals surface area contributed by atoms with Crippen LogP contribution in [0, 0.1) is 0 Å². The van der Waals surface area contributed by atoms with E-state index in [-0.39, 0.29) is 18.2 Å². The number of aliphatic imine (C=N–C) groups is 4. The van der Waals surface area contributed by atoms with Crippen LogP contribution in [0.15, 0.2) is 44.4 Å². The monoisotopic (exact) mass is 241 g/mol. The first kappa shape index (κ1) is 11.1. The summed E-state index contributed by atoms with van der Waals surface area (Å²) in [5.74, 6) is 0. The fourth-order valence-electron chi connectivity index (χ4n) is 2.31. The van der Waals surface area contributed by atoms with Gasteiger partial charge in [-0.15, -0.1) is 0 Å². The Kier molecular flexibility index (Phi) is 3.12. The predicted molar refractivity (Wildman–Crippen MR) is 74.9 cm³/mol. The topological polar surface area (TPSA) is 52.7 Å². The van der Waals surface area contributed by atoms with Gasteiger partial charge < -0.3 is 4.90 Å². The van der Waals surface area contributed by atoms with E-state index in [0.717, 1.165) is 13.0 Å². The number of dihydropyridines is 1. The van der Waals surface area contributed by atoms with Crippen LogP contribution < -0.4 is 0 Å². The van der Waals surface area contributed by atoms with Crippen LogP contribution in [0.1, 0.15) is 6.42 Å². The van der Waals surface area contributed by atoms with E-state index in [1.165, 1.54) is 0 Å². The molecule has 3 unspecified atom stereocenters. The molecule has 5 heteroatoms. The molecule has 3 aliphatic heterocycles. The fraction of sp³-hybridized carbons (Fsp3) is 0.385. The van der Waals surface area contributed by atoms with Gasteiger partial charge in [0.1, 0.15) is 6.17 Å². The third-order valence-corrected chi connectivity index (χ3v) is 3.22. The molecule has 18 heavy (non-hydrogen) atoms. The molecule has 0 fully saturated rings. The maximum Gasteiger partial charge on any atom is 0.125 e. The van der Waals surface area contributed by atoms with Crippen molar-refractivity contribution >= 4 is 25.0 Å². The molecule has 0 saturated carbocycles. The van der Waals surface area contributed by atoms with Crippen LogP contribution in [-0.2, 0) is 0 Å². The second-order valence-corrected chi connectivity index (χ2v) is 4.37. The fourth-order valence-corrected chi connectivity index (χ4v) is 2.31. The summed E-state index contributed by atoms with van der Waals surface area (Å²) in [6.07, 6.45) is 16.3. The molecule has 0 aromatic heterocycles. The lowest BCUT2D eigenvalue weighted by Crippen LogP contribution is -2.48.